The Morgan fingerprint density at radius 2 is 1.56 bits per heavy atom. The van der Waals surface area contributed by atoms with Gasteiger partial charge in [-0.1, -0.05) is 63.6 Å². The summed E-state index contributed by atoms with van der Waals surface area (Å²) in [6.07, 6.45) is 7.05. The SMILES string of the molecule is C=Cc1ccc(CN(CCCC)CCCC)cc1. The van der Waals surface area contributed by atoms with E-state index < -0.39 is 0 Å². The van der Waals surface area contributed by atoms with Crippen molar-refractivity contribution >= 4 is 6.08 Å². The molecule has 0 fully saturated rings. The van der Waals surface area contributed by atoms with Crippen molar-refractivity contribution in [2.24, 2.45) is 0 Å². The fourth-order valence-electron chi connectivity index (χ4n) is 2.05. The summed E-state index contributed by atoms with van der Waals surface area (Å²) in [6, 6.07) is 8.75. The molecule has 0 N–H and O–H groups in total. The molecule has 18 heavy (non-hydrogen) atoms. The minimum atomic E-state index is 1.08. The third-order valence-electron chi connectivity index (χ3n) is 3.28. The van der Waals surface area contributed by atoms with Gasteiger partial charge in [-0.25, -0.2) is 0 Å². The fraction of sp³-hybridized carbons (Fsp3) is 0.529. The van der Waals surface area contributed by atoms with Crippen LogP contribution in [0, 0.1) is 0 Å². The predicted molar refractivity (Wildman–Crippen MR) is 81.6 cm³/mol. The Morgan fingerprint density at radius 3 is 2.00 bits per heavy atom. The van der Waals surface area contributed by atoms with Crippen molar-refractivity contribution in [1.29, 1.82) is 0 Å². The van der Waals surface area contributed by atoms with Gasteiger partial charge in [0.25, 0.3) is 0 Å². The highest BCUT2D eigenvalue weighted by Gasteiger charge is 2.04. The highest BCUT2D eigenvalue weighted by Crippen LogP contribution is 2.10. The van der Waals surface area contributed by atoms with E-state index in [1.807, 2.05) is 6.08 Å². The topological polar surface area (TPSA) is 3.24 Å². The Labute approximate surface area is 113 Å². The van der Waals surface area contributed by atoms with Crippen LogP contribution in [0.4, 0.5) is 0 Å². The Morgan fingerprint density at radius 1 is 1.00 bits per heavy atom. The van der Waals surface area contributed by atoms with Gasteiger partial charge in [0.15, 0.2) is 0 Å². The highest BCUT2D eigenvalue weighted by molar-refractivity contribution is 5.47. The van der Waals surface area contributed by atoms with Crippen LogP contribution >= 0.6 is 0 Å². The smallest absolute Gasteiger partial charge is 0.0233 e. The maximum atomic E-state index is 3.79. The number of benzene rings is 1. The van der Waals surface area contributed by atoms with E-state index in [2.05, 4.69) is 49.6 Å². The lowest BCUT2D eigenvalue weighted by Gasteiger charge is -2.22. The molecule has 1 heteroatoms. The van der Waals surface area contributed by atoms with Crippen molar-refractivity contribution in [2.45, 2.75) is 46.1 Å². The minimum Gasteiger partial charge on any atom is -0.299 e. The van der Waals surface area contributed by atoms with Gasteiger partial charge >= 0.3 is 0 Å². The van der Waals surface area contributed by atoms with Crippen LogP contribution in [0.25, 0.3) is 6.08 Å². The largest absolute Gasteiger partial charge is 0.299 e. The van der Waals surface area contributed by atoms with Crippen molar-refractivity contribution in [2.75, 3.05) is 13.1 Å². The molecule has 1 rings (SSSR count). The second kappa shape index (κ2) is 8.93. The summed E-state index contributed by atoms with van der Waals surface area (Å²) in [5.74, 6) is 0. The monoisotopic (exact) mass is 245 g/mol. The molecule has 0 aliphatic carbocycles. The Bertz CT molecular complexity index is 318. The molecular weight excluding hydrogens is 218 g/mol. The van der Waals surface area contributed by atoms with Crippen LogP contribution in [0.2, 0.25) is 0 Å². The molecule has 0 amide bonds. The number of rotatable bonds is 9. The zero-order valence-electron chi connectivity index (χ0n) is 12.0. The number of hydrogen-bond acceptors (Lipinski definition) is 1. The van der Waals surface area contributed by atoms with E-state index in [1.165, 1.54) is 49.9 Å². The molecule has 0 aliphatic heterocycles. The van der Waals surface area contributed by atoms with E-state index in [4.69, 9.17) is 0 Å². The van der Waals surface area contributed by atoms with Crippen LogP contribution in [0.1, 0.15) is 50.7 Å². The summed E-state index contributed by atoms with van der Waals surface area (Å²) in [5.41, 5.74) is 2.61. The van der Waals surface area contributed by atoms with E-state index in [1.54, 1.807) is 0 Å². The fourth-order valence-corrected chi connectivity index (χ4v) is 2.05. The van der Waals surface area contributed by atoms with Crippen molar-refractivity contribution in [3.8, 4) is 0 Å². The summed E-state index contributed by atoms with van der Waals surface area (Å²) in [5, 5.41) is 0. The molecule has 0 heterocycles. The van der Waals surface area contributed by atoms with Gasteiger partial charge in [0.1, 0.15) is 0 Å². The van der Waals surface area contributed by atoms with Gasteiger partial charge in [0.2, 0.25) is 0 Å². The van der Waals surface area contributed by atoms with Gasteiger partial charge in [0, 0.05) is 6.54 Å². The molecule has 100 valence electrons. The number of hydrogen-bond donors (Lipinski definition) is 0. The molecule has 0 saturated carbocycles. The number of nitrogens with zero attached hydrogens (tertiary/aromatic N) is 1. The van der Waals surface area contributed by atoms with Crippen LogP contribution in [-0.4, -0.2) is 18.0 Å². The quantitative estimate of drug-likeness (QED) is 0.608. The van der Waals surface area contributed by atoms with Gasteiger partial charge in [-0.3, -0.25) is 4.90 Å². The third-order valence-corrected chi connectivity index (χ3v) is 3.28. The molecule has 0 spiro atoms. The Hall–Kier alpha value is -1.08. The Kier molecular flexibility index (Phi) is 7.43. The third kappa shape index (κ3) is 5.50. The first-order valence-corrected chi connectivity index (χ1v) is 7.23. The lowest BCUT2D eigenvalue weighted by molar-refractivity contribution is 0.257. The second-order valence-corrected chi connectivity index (χ2v) is 4.93. The van der Waals surface area contributed by atoms with E-state index in [0.717, 1.165) is 6.54 Å². The maximum Gasteiger partial charge on any atom is 0.0233 e. The summed E-state index contributed by atoms with van der Waals surface area (Å²) in [6.45, 7) is 11.8. The lowest BCUT2D eigenvalue weighted by atomic mass is 10.1. The molecule has 0 unspecified atom stereocenters. The van der Waals surface area contributed by atoms with Gasteiger partial charge in [-0.2, -0.15) is 0 Å². The molecule has 1 aromatic carbocycles. The first kappa shape index (κ1) is 15.0. The molecule has 1 nitrogen and oxygen atoms in total. The molecule has 0 bridgehead atoms. The van der Waals surface area contributed by atoms with Crippen molar-refractivity contribution in [1.82, 2.24) is 4.90 Å². The predicted octanol–water partition coefficient (Wildman–Crippen LogP) is 4.73. The van der Waals surface area contributed by atoms with Gasteiger partial charge < -0.3 is 0 Å². The summed E-state index contributed by atoms with van der Waals surface area (Å²) in [7, 11) is 0. The zero-order valence-corrected chi connectivity index (χ0v) is 12.0. The van der Waals surface area contributed by atoms with Crippen LogP contribution < -0.4 is 0 Å². The van der Waals surface area contributed by atoms with Crippen LogP contribution in [-0.2, 0) is 6.54 Å². The van der Waals surface area contributed by atoms with Crippen LogP contribution in [0.3, 0.4) is 0 Å². The summed E-state index contributed by atoms with van der Waals surface area (Å²) < 4.78 is 0. The molecular formula is C17H27N. The van der Waals surface area contributed by atoms with E-state index in [-0.39, 0.29) is 0 Å². The first-order chi connectivity index (χ1) is 8.80. The lowest BCUT2D eigenvalue weighted by Crippen LogP contribution is -2.25. The van der Waals surface area contributed by atoms with E-state index >= 15 is 0 Å². The van der Waals surface area contributed by atoms with E-state index in [9.17, 15) is 0 Å². The zero-order chi connectivity index (χ0) is 13.2. The molecule has 1 aromatic rings. The summed E-state index contributed by atoms with van der Waals surface area (Å²) >= 11 is 0. The van der Waals surface area contributed by atoms with Crippen molar-refractivity contribution in [3.05, 3.63) is 42.0 Å². The van der Waals surface area contributed by atoms with Crippen molar-refractivity contribution in [3.63, 3.8) is 0 Å². The molecule has 0 aromatic heterocycles. The highest BCUT2D eigenvalue weighted by atomic mass is 15.1. The Balaban J connectivity index is 2.53. The standard InChI is InChI=1S/C17H27N/c1-4-7-13-18(14-8-5-2)15-17-11-9-16(6-3)10-12-17/h6,9-12H,3-5,7-8,13-15H2,1-2H3. The molecule has 0 aliphatic rings. The van der Waals surface area contributed by atoms with Gasteiger partial charge in [-0.05, 0) is 37.1 Å². The summed E-state index contributed by atoms with van der Waals surface area (Å²) in [4.78, 5) is 2.58. The molecule has 0 radical (unpaired) electrons. The first-order valence-electron chi connectivity index (χ1n) is 7.23. The molecule has 0 saturated heterocycles. The average Bonchev–Trinajstić information content (AvgIpc) is 2.42. The van der Waals surface area contributed by atoms with E-state index in [0.29, 0.717) is 0 Å². The minimum absolute atomic E-state index is 1.08. The van der Waals surface area contributed by atoms with Crippen LogP contribution in [0.15, 0.2) is 30.8 Å². The molecule has 0 atom stereocenters. The average molecular weight is 245 g/mol. The van der Waals surface area contributed by atoms with Crippen LogP contribution in [0.5, 0.6) is 0 Å². The van der Waals surface area contributed by atoms with Gasteiger partial charge in [-0.15, -0.1) is 0 Å². The van der Waals surface area contributed by atoms with Crippen molar-refractivity contribution < 1.29 is 0 Å². The second-order valence-electron chi connectivity index (χ2n) is 4.93. The van der Waals surface area contributed by atoms with Gasteiger partial charge in [0.05, 0.1) is 0 Å². The normalized spacial score (nSPS) is 10.8. The maximum absolute atomic E-state index is 3.79. The number of unbranched alkanes of at least 4 members (excludes halogenated alkanes) is 2.